The van der Waals surface area contributed by atoms with Gasteiger partial charge in [-0.25, -0.2) is 0 Å². The summed E-state index contributed by atoms with van der Waals surface area (Å²) in [5, 5.41) is 10.5. The molecule has 4 atom stereocenters. The smallest absolute Gasteiger partial charge is 0.248 e. The Kier molecular flexibility index (Phi) is 7.68. The fraction of sp³-hybridized carbons (Fsp3) is 0.560. The summed E-state index contributed by atoms with van der Waals surface area (Å²) in [6, 6.07) is 8.67. The Labute approximate surface area is 175 Å². The number of rotatable bonds is 9. The first kappa shape index (κ1) is 21.8. The van der Waals surface area contributed by atoms with Crippen molar-refractivity contribution in [1.29, 1.82) is 0 Å². The molecular formula is C25H35NO3. The SMILES string of the molecule is Cc1cccc(CC/C=C/[C@@H]2[C@H]3CC(CCOCC(=O)N(C)C)=C[C@H]3C[C@H]2O)c1. The molecule has 3 rings (SSSR count). The minimum absolute atomic E-state index is 0.00116. The third kappa shape index (κ3) is 6.03. The van der Waals surface area contributed by atoms with Crippen molar-refractivity contribution in [2.45, 2.75) is 45.1 Å². The maximum Gasteiger partial charge on any atom is 0.248 e. The third-order valence-corrected chi connectivity index (χ3v) is 6.28. The van der Waals surface area contributed by atoms with Crippen LogP contribution in [0.5, 0.6) is 0 Å². The number of nitrogens with zero attached hydrogens (tertiary/aromatic N) is 1. The lowest BCUT2D eigenvalue weighted by Crippen LogP contribution is -2.26. The first-order valence-corrected chi connectivity index (χ1v) is 10.8. The summed E-state index contributed by atoms with van der Waals surface area (Å²) in [6.07, 6.45) is 11.5. The van der Waals surface area contributed by atoms with Crippen LogP contribution in [-0.2, 0) is 16.0 Å². The van der Waals surface area contributed by atoms with E-state index in [4.69, 9.17) is 4.74 Å². The van der Waals surface area contributed by atoms with Gasteiger partial charge in [-0.1, -0.05) is 53.6 Å². The second-order valence-electron chi connectivity index (χ2n) is 8.78. The van der Waals surface area contributed by atoms with Crippen molar-refractivity contribution >= 4 is 5.91 Å². The van der Waals surface area contributed by atoms with Crippen molar-refractivity contribution in [3.05, 3.63) is 59.2 Å². The summed E-state index contributed by atoms with van der Waals surface area (Å²) >= 11 is 0. The van der Waals surface area contributed by atoms with Crippen molar-refractivity contribution in [3.8, 4) is 0 Å². The zero-order valence-corrected chi connectivity index (χ0v) is 18.0. The van der Waals surface area contributed by atoms with Gasteiger partial charge >= 0.3 is 0 Å². The molecule has 4 heteroatoms. The second kappa shape index (κ2) is 10.2. The average molecular weight is 398 g/mol. The molecule has 0 unspecified atom stereocenters. The zero-order chi connectivity index (χ0) is 20.8. The molecule has 4 nitrogen and oxygen atoms in total. The van der Waals surface area contributed by atoms with Gasteiger partial charge in [-0.15, -0.1) is 0 Å². The number of aryl methyl sites for hydroxylation is 2. The number of ether oxygens (including phenoxy) is 1. The van der Waals surface area contributed by atoms with Gasteiger partial charge in [0.2, 0.25) is 5.91 Å². The molecule has 158 valence electrons. The Morgan fingerprint density at radius 3 is 2.90 bits per heavy atom. The van der Waals surface area contributed by atoms with Crippen LogP contribution in [0.25, 0.3) is 0 Å². The van der Waals surface area contributed by atoms with Crippen LogP contribution in [0.4, 0.5) is 0 Å². The number of benzene rings is 1. The standard InChI is InChI=1S/C25H35NO3/c1-18-7-6-9-19(13-18)8-4-5-10-22-23-15-20(14-21(23)16-24(22)27)11-12-29-17-25(28)26(2)3/h5-7,9-10,13-14,21-24,27H,4,8,11-12,15-17H2,1-3H3/b10-5+/t21-,22+,23-,24+/m0/s1. The zero-order valence-electron chi connectivity index (χ0n) is 18.0. The minimum atomic E-state index is -0.230. The molecule has 29 heavy (non-hydrogen) atoms. The van der Waals surface area contributed by atoms with Gasteiger partial charge in [0.15, 0.2) is 0 Å². The average Bonchev–Trinajstić information content (AvgIpc) is 3.19. The van der Waals surface area contributed by atoms with E-state index in [0.29, 0.717) is 18.4 Å². The van der Waals surface area contributed by atoms with Crippen LogP contribution in [-0.4, -0.2) is 49.3 Å². The van der Waals surface area contributed by atoms with Crippen molar-refractivity contribution in [2.24, 2.45) is 17.8 Å². The van der Waals surface area contributed by atoms with Gasteiger partial charge in [-0.3, -0.25) is 4.79 Å². The summed E-state index contributed by atoms with van der Waals surface area (Å²) in [6.45, 7) is 2.87. The molecule has 1 aromatic carbocycles. The molecule has 1 aromatic rings. The minimum Gasteiger partial charge on any atom is -0.392 e. The van der Waals surface area contributed by atoms with E-state index >= 15 is 0 Å². The normalized spacial score (nSPS) is 26.0. The Balaban J connectivity index is 1.43. The molecular weight excluding hydrogens is 362 g/mol. The number of amides is 1. The molecule has 1 N–H and O–H groups in total. The van der Waals surface area contributed by atoms with Gasteiger partial charge in [-0.05, 0) is 56.4 Å². The summed E-state index contributed by atoms with van der Waals surface area (Å²) < 4.78 is 5.52. The molecule has 0 aliphatic heterocycles. The van der Waals surface area contributed by atoms with Crippen LogP contribution in [0, 0.1) is 24.7 Å². The second-order valence-corrected chi connectivity index (χ2v) is 8.78. The van der Waals surface area contributed by atoms with E-state index in [-0.39, 0.29) is 24.5 Å². The molecule has 2 aliphatic rings. The number of carbonyl (C=O) groups is 1. The number of hydrogen-bond donors (Lipinski definition) is 1. The molecule has 1 amide bonds. The monoisotopic (exact) mass is 397 g/mol. The molecule has 1 fully saturated rings. The van der Waals surface area contributed by atoms with Gasteiger partial charge < -0.3 is 14.7 Å². The van der Waals surface area contributed by atoms with E-state index in [2.05, 4.69) is 49.4 Å². The number of hydrogen-bond acceptors (Lipinski definition) is 3. The quantitative estimate of drug-likeness (QED) is 0.507. The van der Waals surface area contributed by atoms with Gasteiger partial charge in [0, 0.05) is 20.0 Å². The largest absolute Gasteiger partial charge is 0.392 e. The molecule has 0 bridgehead atoms. The fourth-order valence-corrected chi connectivity index (χ4v) is 4.65. The number of carbonyl (C=O) groups excluding carboxylic acids is 1. The van der Waals surface area contributed by atoms with E-state index in [1.54, 1.807) is 19.0 Å². The lowest BCUT2D eigenvalue weighted by Gasteiger charge is -2.18. The number of fused-ring (bicyclic) bond motifs is 1. The topological polar surface area (TPSA) is 49.8 Å². The highest BCUT2D eigenvalue weighted by Crippen LogP contribution is 2.47. The Bertz CT molecular complexity index is 752. The molecule has 1 saturated carbocycles. The molecule has 2 aliphatic carbocycles. The lowest BCUT2D eigenvalue weighted by molar-refractivity contribution is -0.133. The maximum atomic E-state index is 11.6. The molecule has 0 radical (unpaired) electrons. The molecule has 0 heterocycles. The van der Waals surface area contributed by atoms with Crippen LogP contribution in [0.2, 0.25) is 0 Å². The number of aliphatic hydroxyl groups is 1. The van der Waals surface area contributed by atoms with Gasteiger partial charge in [0.25, 0.3) is 0 Å². The predicted molar refractivity (Wildman–Crippen MR) is 117 cm³/mol. The van der Waals surface area contributed by atoms with Gasteiger partial charge in [-0.2, -0.15) is 0 Å². The van der Waals surface area contributed by atoms with Crippen molar-refractivity contribution in [1.82, 2.24) is 4.90 Å². The van der Waals surface area contributed by atoms with E-state index in [1.165, 1.54) is 16.7 Å². The van der Waals surface area contributed by atoms with Crippen LogP contribution in [0.1, 0.15) is 36.8 Å². The van der Waals surface area contributed by atoms with Crippen LogP contribution in [0.15, 0.2) is 48.1 Å². The predicted octanol–water partition coefficient (Wildman–Crippen LogP) is 3.92. The molecule has 0 aromatic heterocycles. The highest BCUT2D eigenvalue weighted by atomic mass is 16.5. The molecule has 0 spiro atoms. The lowest BCUT2D eigenvalue weighted by atomic mass is 9.89. The van der Waals surface area contributed by atoms with E-state index in [0.717, 1.165) is 32.1 Å². The van der Waals surface area contributed by atoms with Crippen molar-refractivity contribution < 1.29 is 14.6 Å². The number of aliphatic hydroxyl groups excluding tert-OH is 1. The summed E-state index contributed by atoms with van der Waals surface area (Å²) in [7, 11) is 3.48. The Morgan fingerprint density at radius 2 is 2.14 bits per heavy atom. The number of allylic oxidation sites excluding steroid dienone is 2. The number of likely N-dealkylation sites (N-methyl/N-ethyl adjacent to an activating group) is 1. The maximum absolute atomic E-state index is 11.6. The van der Waals surface area contributed by atoms with E-state index < -0.39 is 0 Å². The first-order chi connectivity index (χ1) is 13.9. The van der Waals surface area contributed by atoms with Crippen LogP contribution >= 0.6 is 0 Å². The summed E-state index contributed by atoms with van der Waals surface area (Å²) in [5.74, 6) is 1.25. The van der Waals surface area contributed by atoms with E-state index in [1.807, 2.05) is 0 Å². The first-order valence-electron chi connectivity index (χ1n) is 10.8. The summed E-state index contributed by atoms with van der Waals surface area (Å²) in [5.41, 5.74) is 4.10. The highest BCUT2D eigenvalue weighted by molar-refractivity contribution is 5.76. The van der Waals surface area contributed by atoms with E-state index in [9.17, 15) is 9.90 Å². The van der Waals surface area contributed by atoms with Crippen molar-refractivity contribution in [2.75, 3.05) is 27.3 Å². The fourth-order valence-electron chi connectivity index (χ4n) is 4.65. The third-order valence-electron chi connectivity index (χ3n) is 6.28. The van der Waals surface area contributed by atoms with Gasteiger partial charge in [0.1, 0.15) is 6.61 Å². The van der Waals surface area contributed by atoms with Crippen LogP contribution < -0.4 is 0 Å². The van der Waals surface area contributed by atoms with Crippen molar-refractivity contribution in [3.63, 3.8) is 0 Å². The Hall–Kier alpha value is -1.91. The Morgan fingerprint density at radius 1 is 1.31 bits per heavy atom. The summed E-state index contributed by atoms with van der Waals surface area (Å²) in [4.78, 5) is 13.1. The highest BCUT2D eigenvalue weighted by Gasteiger charge is 2.43. The van der Waals surface area contributed by atoms with Gasteiger partial charge in [0.05, 0.1) is 12.7 Å². The molecule has 0 saturated heterocycles. The van der Waals surface area contributed by atoms with Crippen LogP contribution in [0.3, 0.4) is 0 Å².